The molecule has 1 N–H and O–H groups in total. The lowest BCUT2D eigenvalue weighted by Gasteiger charge is -2.28. The van der Waals surface area contributed by atoms with Gasteiger partial charge in [0.05, 0.1) is 16.2 Å². The van der Waals surface area contributed by atoms with E-state index in [2.05, 4.69) is 19.3 Å². The van der Waals surface area contributed by atoms with Crippen molar-refractivity contribution in [2.45, 2.75) is 30.5 Å². The fourth-order valence-corrected chi connectivity index (χ4v) is 6.00. The van der Waals surface area contributed by atoms with Crippen LogP contribution in [0.5, 0.6) is 5.75 Å². The summed E-state index contributed by atoms with van der Waals surface area (Å²) in [5.41, 5.74) is 2.66. The van der Waals surface area contributed by atoms with Gasteiger partial charge in [-0.3, -0.25) is 9.62 Å². The minimum atomic E-state index is -4.20. The van der Waals surface area contributed by atoms with Crippen LogP contribution in [0.3, 0.4) is 0 Å². The zero-order chi connectivity index (χ0) is 25.2. The van der Waals surface area contributed by atoms with Crippen LogP contribution in [0.15, 0.2) is 52.2 Å². The van der Waals surface area contributed by atoms with Crippen molar-refractivity contribution in [3.05, 3.63) is 63.7 Å². The molecule has 0 aliphatic carbocycles. The Morgan fingerprint density at radius 3 is 2.86 bits per heavy atom. The lowest BCUT2D eigenvalue weighted by Crippen LogP contribution is -2.34. The lowest BCUT2D eigenvalue weighted by atomic mass is 10.2. The second kappa shape index (κ2) is 10.6. The summed E-state index contributed by atoms with van der Waals surface area (Å²) in [6, 6.07) is 8.75. The van der Waals surface area contributed by atoms with E-state index in [9.17, 15) is 21.6 Å². The summed E-state index contributed by atoms with van der Waals surface area (Å²) in [6.07, 6.45) is 0.757. The first-order chi connectivity index (χ1) is 16.6. The number of hydrogen-bond donors (Lipinski definition) is 1. The Morgan fingerprint density at radius 2 is 2.14 bits per heavy atom. The Kier molecular flexibility index (Phi) is 7.74. The average molecular weight is 547 g/mol. The van der Waals surface area contributed by atoms with Crippen LogP contribution in [0.1, 0.15) is 12.0 Å². The predicted octanol–water partition coefficient (Wildman–Crippen LogP) is 5.05. The number of alkyl halides is 2. The van der Waals surface area contributed by atoms with Gasteiger partial charge in [-0.2, -0.15) is 8.78 Å². The molecule has 1 aromatic heterocycles. The Hall–Kier alpha value is -2.54. The van der Waals surface area contributed by atoms with E-state index in [1.54, 1.807) is 19.2 Å². The van der Waals surface area contributed by atoms with Crippen LogP contribution < -0.4 is 14.4 Å². The van der Waals surface area contributed by atoms with Gasteiger partial charge in [-0.1, -0.05) is 23.7 Å². The first-order valence-electron chi connectivity index (χ1n) is 10.5. The van der Waals surface area contributed by atoms with E-state index in [0.29, 0.717) is 18.8 Å². The average Bonchev–Trinajstić information content (AvgIpc) is 3.46. The highest BCUT2D eigenvalue weighted by Crippen LogP contribution is 2.34. The number of rotatable bonds is 9. The number of anilines is 2. The van der Waals surface area contributed by atoms with Crippen LogP contribution in [0.25, 0.3) is 0 Å². The molecule has 1 aliphatic heterocycles. The van der Waals surface area contributed by atoms with Crippen LogP contribution in [0, 0.1) is 5.82 Å². The smallest absolute Gasteiger partial charge is 0.387 e. The molecule has 188 valence electrons. The topological polar surface area (TPSA) is 74.8 Å². The molecule has 1 unspecified atom stereocenters. The van der Waals surface area contributed by atoms with Crippen LogP contribution in [-0.4, -0.2) is 51.1 Å². The molecule has 7 nitrogen and oxygen atoms in total. The van der Waals surface area contributed by atoms with Crippen LogP contribution >= 0.6 is 22.9 Å². The number of halogens is 4. The van der Waals surface area contributed by atoms with Gasteiger partial charge in [-0.15, -0.1) is 11.3 Å². The highest BCUT2D eigenvalue weighted by Gasteiger charge is 2.29. The molecule has 0 bridgehead atoms. The summed E-state index contributed by atoms with van der Waals surface area (Å²) in [5, 5.41) is 1.59. The zero-order valence-electron chi connectivity index (χ0n) is 18.5. The maximum atomic E-state index is 14.9. The summed E-state index contributed by atoms with van der Waals surface area (Å²) in [4.78, 5) is 7.26. The van der Waals surface area contributed by atoms with Crippen molar-refractivity contribution in [2.75, 3.05) is 29.8 Å². The second-order valence-corrected chi connectivity index (χ2v) is 10.8. The van der Waals surface area contributed by atoms with Gasteiger partial charge < -0.3 is 9.64 Å². The third kappa shape index (κ3) is 6.18. The third-order valence-corrected chi connectivity index (χ3v) is 7.93. The summed E-state index contributed by atoms with van der Waals surface area (Å²) in [7, 11) is -2.43. The van der Waals surface area contributed by atoms with E-state index in [4.69, 9.17) is 11.6 Å². The van der Waals surface area contributed by atoms with E-state index in [1.165, 1.54) is 28.3 Å². The van der Waals surface area contributed by atoms with E-state index < -0.39 is 27.3 Å². The molecule has 0 saturated carbocycles. The van der Waals surface area contributed by atoms with E-state index in [-0.39, 0.29) is 22.6 Å². The minimum Gasteiger partial charge on any atom is -0.435 e. The number of likely N-dealkylation sites (N-methyl/N-ethyl adjacent to an activating group) is 1. The maximum absolute atomic E-state index is 14.9. The predicted molar refractivity (Wildman–Crippen MR) is 129 cm³/mol. The Labute approximate surface area is 210 Å². The summed E-state index contributed by atoms with van der Waals surface area (Å²) in [6.45, 7) is -0.991. The molecular formula is C22H22ClF3N4O3S2. The van der Waals surface area contributed by atoms with Crippen molar-refractivity contribution in [3.63, 3.8) is 0 Å². The summed E-state index contributed by atoms with van der Waals surface area (Å²) < 4.78 is 71.7. The Bertz CT molecular complexity index is 1280. The zero-order valence-corrected chi connectivity index (χ0v) is 20.9. The number of likely N-dealkylation sites (tertiary alicyclic amines) is 1. The van der Waals surface area contributed by atoms with Crippen molar-refractivity contribution in [2.24, 2.45) is 0 Å². The maximum Gasteiger partial charge on any atom is 0.387 e. The van der Waals surface area contributed by atoms with Gasteiger partial charge in [-0.25, -0.2) is 17.8 Å². The molecule has 2 heterocycles. The first-order valence-corrected chi connectivity index (χ1v) is 13.3. The molecule has 1 atom stereocenters. The monoisotopic (exact) mass is 546 g/mol. The molecule has 0 amide bonds. The van der Waals surface area contributed by atoms with Crippen LogP contribution in [-0.2, 0) is 16.6 Å². The standard InChI is InChI=1S/C22H22ClF3N4O3S2/c1-29(15-5-6-30(11-15)10-14-3-2-4-16(7-14)33-22(25)26)19-9-18(24)20(8-17(19)23)35(31,32)28-21-12-34-13-27-21/h2-4,7-9,12-13,15,22,28H,5-6,10-11H2,1H3. The van der Waals surface area contributed by atoms with Crippen LogP contribution in [0.2, 0.25) is 5.02 Å². The molecule has 3 aromatic rings. The molecule has 1 aliphatic rings. The Balaban J connectivity index is 1.44. The minimum absolute atomic E-state index is 0.0111. The second-order valence-electron chi connectivity index (χ2n) is 8.03. The normalized spacial score (nSPS) is 16.6. The van der Waals surface area contributed by atoms with E-state index >= 15 is 0 Å². The van der Waals surface area contributed by atoms with E-state index in [0.717, 1.165) is 30.7 Å². The van der Waals surface area contributed by atoms with Gasteiger partial charge in [0.25, 0.3) is 10.0 Å². The highest BCUT2D eigenvalue weighted by atomic mass is 35.5. The van der Waals surface area contributed by atoms with Crippen LogP contribution in [0.4, 0.5) is 24.7 Å². The van der Waals surface area contributed by atoms with Crippen molar-refractivity contribution in [1.29, 1.82) is 0 Å². The number of hydrogen-bond acceptors (Lipinski definition) is 7. The SMILES string of the molecule is CN(c1cc(F)c(S(=O)(=O)Nc2cscn2)cc1Cl)C1CCN(Cc2cccc(OC(F)F)c2)C1. The molecule has 13 heteroatoms. The molecule has 0 spiro atoms. The van der Waals surface area contributed by atoms with Gasteiger partial charge >= 0.3 is 6.61 Å². The quantitative estimate of drug-likeness (QED) is 0.405. The molecule has 0 radical (unpaired) electrons. The lowest BCUT2D eigenvalue weighted by molar-refractivity contribution is -0.0499. The van der Waals surface area contributed by atoms with Crippen molar-refractivity contribution < 1.29 is 26.3 Å². The fourth-order valence-electron chi connectivity index (χ4n) is 4.00. The molecule has 1 saturated heterocycles. The highest BCUT2D eigenvalue weighted by molar-refractivity contribution is 7.92. The van der Waals surface area contributed by atoms with Gasteiger partial charge in [0, 0.05) is 44.2 Å². The number of nitrogens with zero attached hydrogens (tertiary/aromatic N) is 3. The van der Waals surface area contributed by atoms with Gasteiger partial charge in [-0.05, 0) is 30.2 Å². The van der Waals surface area contributed by atoms with Crippen molar-refractivity contribution >= 4 is 44.5 Å². The van der Waals surface area contributed by atoms with Gasteiger partial charge in [0.1, 0.15) is 16.5 Å². The molecule has 4 rings (SSSR count). The molecule has 1 fully saturated rings. The molecular weight excluding hydrogens is 525 g/mol. The summed E-state index contributed by atoms with van der Waals surface area (Å²) >= 11 is 7.59. The third-order valence-electron chi connectivity index (χ3n) is 5.67. The molecule has 2 aromatic carbocycles. The number of sulfonamides is 1. The van der Waals surface area contributed by atoms with E-state index in [1.807, 2.05) is 11.0 Å². The van der Waals surface area contributed by atoms with Gasteiger partial charge in [0.2, 0.25) is 0 Å². The van der Waals surface area contributed by atoms with Crippen molar-refractivity contribution in [1.82, 2.24) is 9.88 Å². The largest absolute Gasteiger partial charge is 0.435 e. The Morgan fingerprint density at radius 1 is 1.34 bits per heavy atom. The number of aromatic nitrogens is 1. The fraction of sp³-hybridized carbons (Fsp3) is 0.318. The number of ether oxygens (including phenoxy) is 1. The van der Waals surface area contributed by atoms with Crippen molar-refractivity contribution in [3.8, 4) is 5.75 Å². The number of benzene rings is 2. The molecule has 35 heavy (non-hydrogen) atoms. The first kappa shape index (κ1) is 25.5. The summed E-state index contributed by atoms with van der Waals surface area (Å²) in [5.74, 6) is -0.722. The number of thiazole rings is 1. The number of nitrogens with one attached hydrogen (secondary N) is 1. The van der Waals surface area contributed by atoms with Gasteiger partial charge in [0.15, 0.2) is 5.82 Å².